The predicted molar refractivity (Wildman–Crippen MR) is 531 cm³/mol. The number of hydrogen-bond donors (Lipinski definition) is 4. The molecule has 7 aromatic rings. The first-order chi connectivity index (χ1) is 65.8. The van der Waals surface area contributed by atoms with Crippen LogP contribution in [0.15, 0.2) is 263 Å². The lowest BCUT2D eigenvalue weighted by molar-refractivity contribution is -0.158. The van der Waals surface area contributed by atoms with Gasteiger partial charge in [0.2, 0.25) is 34.8 Å². The number of nitrogens with two attached hydrogens (primary N) is 1. The Kier molecular flexibility index (Phi) is 52.0. The maximum absolute atomic E-state index is 13.2. The van der Waals surface area contributed by atoms with E-state index < -0.39 is 95.5 Å². The molecular weight excluding hydrogens is 1900 g/mol. The van der Waals surface area contributed by atoms with Crippen LogP contribution in [0.25, 0.3) is 0 Å². The van der Waals surface area contributed by atoms with Gasteiger partial charge in [0.1, 0.15) is 49.6 Å². The van der Waals surface area contributed by atoms with Crippen LogP contribution in [0.1, 0.15) is 145 Å². The molecule has 0 aromatic heterocycles. The summed E-state index contributed by atoms with van der Waals surface area (Å²) in [5.74, 6) is -5.81. The van der Waals surface area contributed by atoms with E-state index in [1.807, 2.05) is 209 Å². The minimum Gasteiger partial charge on any atom is -0.481 e. The number of halogens is 4. The molecule has 0 bridgehead atoms. The van der Waals surface area contributed by atoms with Crippen LogP contribution in [0, 0.1) is 17.8 Å². The van der Waals surface area contributed by atoms with E-state index in [1.54, 1.807) is 57.2 Å². The molecule has 29 nitrogen and oxygen atoms in total. The van der Waals surface area contributed by atoms with E-state index in [-0.39, 0.29) is 117 Å². The van der Waals surface area contributed by atoms with Gasteiger partial charge in [0.05, 0.1) is 60.8 Å². The summed E-state index contributed by atoms with van der Waals surface area (Å²) >= 11 is 19.5. The zero-order valence-corrected chi connectivity index (χ0v) is 82.6. The highest BCUT2D eigenvalue weighted by Crippen LogP contribution is 2.29. The molecule has 12 rings (SSSR count). The van der Waals surface area contributed by atoms with Gasteiger partial charge in [0.25, 0.3) is 0 Å². The number of ether oxygens (including phenoxy) is 7. The van der Waals surface area contributed by atoms with Crippen molar-refractivity contribution in [3.63, 3.8) is 0 Å². The second-order valence-corrected chi connectivity index (χ2v) is 35.8. The highest BCUT2D eigenvalue weighted by Gasteiger charge is 2.45. The fraction of sp³-hybridized carbons (Fsp3) is 0.371. The minimum atomic E-state index is -1.09. The molecule has 5 heterocycles. The highest BCUT2D eigenvalue weighted by atomic mass is 79.9. The predicted octanol–water partition coefficient (Wildman–Crippen LogP) is 19.0. The number of carboxylic acid groups (broad SMARTS) is 1. The molecule has 5 N–H and O–H groups in total. The van der Waals surface area contributed by atoms with E-state index in [0.29, 0.717) is 76.1 Å². The number of alkyl carbamates (subject to hydrolysis) is 1. The van der Waals surface area contributed by atoms with Crippen LogP contribution in [0.4, 0.5) is 24.0 Å². The molecule has 5 aliphatic heterocycles. The third-order valence-electron chi connectivity index (χ3n) is 20.4. The quantitative estimate of drug-likeness (QED) is 0.00942. The normalized spacial score (nSPS) is 16.5. The van der Waals surface area contributed by atoms with Gasteiger partial charge >= 0.3 is 48.4 Å². The fourth-order valence-electron chi connectivity index (χ4n) is 14.0. The lowest BCUT2D eigenvalue weighted by Crippen LogP contribution is -2.44. The number of imide groups is 4. The Morgan fingerprint density at radius 3 is 1.07 bits per heavy atom. The first-order valence-corrected chi connectivity index (χ1v) is 47.1. The third-order valence-corrected chi connectivity index (χ3v) is 21.6. The van der Waals surface area contributed by atoms with E-state index in [4.69, 9.17) is 78.8 Å². The van der Waals surface area contributed by atoms with Crippen LogP contribution in [0.5, 0.6) is 0 Å². The number of carbonyl (C=O) groups is 14. The van der Waals surface area contributed by atoms with Crippen molar-refractivity contribution >= 4 is 134 Å². The van der Waals surface area contributed by atoms with E-state index in [0.717, 1.165) is 59.5 Å². The van der Waals surface area contributed by atoms with E-state index >= 15 is 0 Å². The smallest absolute Gasteiger partial charge is 0.416 e. The number of nitrogens with zero attached hydrogens (tertiary/aromatic N) is 4. The number of cyclic esters (lactones) is 5. The molecule has 8 atom stereocenters. The van der Waals surface area contributed by atoms with Crippen LogP contribution in [0.2, 0.25) is 10.0 Å². The summed E-state index contributed by atoms with van der Waals surface area (Å²) in [6, 6.07) is 61.9. The minimum absolute atomic E-state index is 0.0414. The summed E-state index contributed by atoms with van der Waals surface area (Å²) < 4.78 is 35.3. The summed E-state index contributed by atoms with van der Waals surface area (Å²) in [5.41, 5.74) is 11.7. The molecule has 138 heavy (non-hydrogen) atoms. The van der Waals surface area contributed by atoms with Crippen LogP contribution < -0.4 is 16.4 Å². The number of esters is 2. The van der Waals surface area contributed by atoms with Crippen LogP contribution >= 0.6 is 50.7 Å². The molecule has 5 aliphatic rings. The molecule has 4 unspecified atom stereocenters. The molecule has 0 spiro atoms. The Balaban J connectivity index is 0.000000290. The topological polar surface area (TPSA) is 387 Å². The number of hydrogen-bond acceptors (Lipinski definition) is 22. The Hall–Kier alpha value is -12.9. The number of carboxylic acids is 1. The number of benzene rings is 7. The van der Waals surface area contributed by atoms with Crippen molar-refractivity contribution < 1.29 is 105 Å². The van der Waals surface area contributed by atoms with Gasteiger partial charge in [-0.25, -0.2) is 43.6 Å². The van der Waals surface area contributed by atoms with E-state index in [9.17, 15) is 67.1 Å². The fourth-order valence-corrected chi connectivity index (χ4v) is 14.5. The van der Waals surface area contributed by atoms with Gasteiger partial charge in [-0.2, -0.15) is 0 Å². The first kappa shape index (κ1) is 116. The molecule has 740 valence electrons. The van der Waals surface area contributed by atoms with Crippen molar-refractivity contribution in [2.75, 3.05) is 38.4 Å². The number of carbonyl (C=O) groups excluding carboxylic acids is 13. The van der Waals surface area contributed by atoms with Gasteiger partial charge in [-0.3, -0.25) is 43.2 Å². The molecule has 7 aromatic carbocycles. The molecule has 0 radical (unpaired) electrons. The van der Waals surface area contributed by atoms with Gasteiger partial charge in [0, 0.05) is 42.4 Å². The number of allylic oxidation sites excluding steroid dienone is 5. The Morgan fingerprint density at radius 2 is 0.768 bits per heavy atom. The van der Waals surface area contributed by atoms with Crippen molar-refractivity contribution in [3.05, 3.63) is 312 Å². The maximum atomic E-state index is 13.2. The number of amides is 10. The molecule has 5 fully saturated rings. The van der Waals surface area contributed by atoms with Gasteiger partial charge in [-0.1, -0.05) is 245 Å². The summed E-state index contributed by atoms with van der Waals surface area (Å²) in [7, 11) is 0. The Bertz CT molecular complexity index is 5110. The molecule has 5 saturated heterocycles. The third kappa shape index (κ3) is 44.1. The summed E-state index contributed by atoms with van der Waals surface area (Å²) in [6.07, 6.45) is 10.3. The Morgan fingerprint density at radius 1 is 0.442 bits per heavy atom. The van der Waals surface area contributed by atoms with Crippen molar-refractivity contribution in [2.24, 2.45) is 23.5 Å². The van der Waals surface area contributed by atoms with Crippen LogP contribution in [0.3, 0.4) is 0 Å². The second-order valence-electron chi connectivity index (χ2n) is 33.9. The first-order valence-electron chi connectivity index (χ1n) is 44.8. The Labute approximate surface area is 830 Å². The van der Waals surface area contributed by atoms with Crippen molar-refractivity contribution in [2.45, 2.75) is 192 Å². The van der Waals surface area contributed by atoms with Crippen molar-refractivity contribution in [1.29, 1.82) is 0 Å². The van der Waals surface area contributed by atoms with Crippen molar-refractivity contribution in [3.8, 4) is 0 Å². The van der Waals surface area contributed by atoms with Crippen molar-refractivity contribution in [1.82, 2.24) is 30.2 Å². The lowest BCUT2D eigenvalue weighted by Gasteiger charge is -2.25. The zero-order chi connectivity index (χ0) is 102. The van der Waals surface area contributed by atoms with Gasteiger partial charge in [-0.05, 0) is 181 Å². The maximum Gasteiger partial charge on any atom is 0.416 e. The van der Waals surface area contributed by atoms with Crippen LogP contribution in [-0.4, -0.2) is 188 Å². The van der Waals surface area contributed by atoms with E-state index in [2.05, 4.69) is 59.5 Å². The lowest BCUT2D eigenvalue weighted by atomic mass is 9.97. The number of aliphatic carboxylic acids is 1. The molecule has 33 heteroatoms. The standard InChI is InChI=1S/C24H25ClN2O4.C21H27NO5.C17H19NO5.C15H17NO3.C10H11NO2.C7H8ClN.C6H11BrO2.C5H7ClO/c1-2-6-19(14-22(28)26-15-18-9-11-20(25)12-10-18)23(29)27-21(16-31-24(27)30)13-17-7-4-3-5-8-17;1-5-9-16(13-18(23)27-21(2,3)4)19(24)22-17(14-26-20(22)25)12-15-10-7-6-8-11-15;1-2-6-13(10-15(19)20)16(21)18-14(11-23-17(18)22)9-12-7-4-3-5-8-12;1-2-3-9-14(17)16-13(11-19-15(16)18)10-12-7-5-4-6-8-12;12-10-11-9(7-13-10)6-8-4-2-1-3-5-8;8-7-3-1-6(5-9)2-4-7;1-6(2,3)9-5(8)4-7;1-2-3-4-5(6)7/h2-5,7-12,19,21H,1,6,13-16H2,(H,26,28);5-8,10-11,16-17H,1,9,12-14H2,2-4H3;2-5,7-8,13-14H,1,6,9-11H2,(H,19,20);2,4-8,13H,1,3,9-11H2;1-5,9H,6-7H2,(H,11,12);1-4H,5,9H2;4H2,1-3H3;2H,1,3-4H2/t19-,21?;16-,17?;13-,14?;;9-;;;/m000.1.../s1. The number of alkyl halides is 1. The monoisotopic (exact) mass is 2020 g/mol. The zero-order valence-electron chi connectivity index (χ0n) is 78.8. The second kappa shape index (κ2) is 62.1. The van der Waals surface area contributed by atoms with Gasteiger partial charge < -0.3 is 54.6 Å². The highest BCUT2D eigenvalue weighted by molar-refractivity contribution is 9.09. The SMILES string of the molecule is C=CCCC(=O)Cl.C=CCCC(=O)N1C(=O)OCC1Cc1ccccc1.C=CC[C@@H](CC(=O)NCc1ccc(Cl)cc1)C(=O)N1C(=O)OCC1Cc1ccccc1.C=CC[C@@H](CC(=O)O)C(=O)N1C(=O)OCC1Cc1ccccc1.C=CC[C@@H](CC(=O)OC(C)(C)C)C(=O)N1C(=O)OCC1Cc1ccccc1.CC(C)(C)OC(=O)CBr.NCc1ccc(Cl)cc1.O=C1N[C@H](Cc2ccccc2)CO1. The number of nitrogens with one attached hydrogen (secondary N) is 2. The van der Waals surface area contributed by atoms with Gasteiger partial charge in [-0.15, -0.1) is 32.9 Å². The summed E-state index contributed by atoms with van der Waals surface area (Å²) in [6.45, 7) is 30.8. The average molecular weight is 2020 g/mol. The molecule has 0 aliphatic carbocycles. The molecule has 10 amide bonds. The van der Waals surface area contributed by atoms with Crippen LogP contribution in [-0.2, 0) is 122 Å². The molecular formula is C105H125BrCl3N7O22. The summed E-state index contributed by atoms with van der Waals surface area (Å²) in [5, 5.41) is 15.9. The average Bonchev–Trinajstić information content (AvgIpc) is 1.63. The van der Waals surface area contributed by atoms with E-state index in [1.165, 1.54) is 16.5 Å². The molecule has 0 saturated carbocycles. The van der Waals surface area contributed by atoms with Gasteiger partial charge in [0.15, 0.2) is 0 Å². The summed E-state index contributed by atoms with van der Waals surface area (Å²) in [4.78, 5) is 170. The largest absolute Gasteiger partial charge is 0.481 e. The number of rotatable bonds is 35.